The van der Waals surface area contributed by atoms with E-state index >= 15 is 0 Å². The van der Waals surface area contributed by atoms with Crippen molar-refractivity contribution in [2.45, 2.75) is 26.4 Å². The van der Waals surface area contributed by atoms with E-state index in [1.165, 1.54) is 17.7 Å². The molecule has 3 rings (SSSR count). The highest BCUT2D eigenvalue weighted by Gasteiger charge is 2.22. The maximum absolute atomic E-state index is 13.3. The van der Waals surface area contributed by atoms with E-state index in [4.69, 9.17) is 4.74 Å². The van der Waals surface area contributed by atoms with E-state index in [1.807, 2.05) is 26.0 Å². The molecule has 2 aromatic rings. The second kappa shape index (κ2) is 7.88. The molecule has 1 aliphatic rings. The summed E-state index contributed by atoms with van der Waals surface area (Å²) in [5, 5.41) is 10.8. The summed E-state index contributed by atoms with van der Waals surface area (Å²) >= 11 is 0. The van der Waals surface area contributed by atoms with Gasteiger partial charge in [0.15, 0.2) is 0 Å². The van der Waals surface area contributed by atoms with Crippen LogP contribution in [0.2, 0.25) is 0 Å². The standard InChI is InChI=1S/C18H25FN4O/c1-13-17(14(2)22-21-13)11-20-12-18(23-7-9-24-10-8-23)15-3-5-16(19)6-4-15/h3-6,18,20H,7-12H2,1-2H3,(H,21,22)/t18-/m0/s1. The zero-order valence-corrected chi connectivity index (χ0v) is 14.3. The smallest absolute Gasteiger partial charge is 0.123 e. The zero-order valence-electron chi connectivity index (χ0n) is 14.3. The van der Waals surface area contributed by atoms with Gasteiger partial charge in [-0.2, -0.15) is 5.10 Å². The third kappa shape index (κ3) is 4.01. The lowest BCUT2D eigenvalue weighted by Crippen LogP contribution is -2.42. The number of aryl methyl sites for hydroxylation is 2. The molecule has 0 saturated carbocycles. The summed E-state index contributed by atoms with van der Waals surface area (Å²) in [6, 6.07) is 7.04. The fraction of sp³-hybridized carbons (Fsp3) is 0.500. The number of rotatable bonds is 6. The predicted octanol–water partition coefficient (Wildman–Crippen LogP) is 2.33. The summed E-state index contributed by atoms with van der Waals surface area (Å²) in [5.41, 5.74) is 4.48. The van der Waals surface area contributed by atoms with E-state index in [2.05, 4.69) is 20.4 Å². The molecule has 1 atom stereocenters. The third-order valence-electron chi connectivity index (χ3n) is 4.66. The molecular formula is C18H25FN4O. The Morgan fingerprint density at radius 3 is 2.58 bits per heavy atom. The molecule has 1 saturated heterocycles. The lowest BCUT2D eigenvalue weighted by molar-refractivity contribution is 0.0161. The molecule has 24 heavy (non-hydrogen) atoms. The van der Waals surface area contributed by atoms with E-state index in [0.29, 0.717) is 0 Å². The molecular weight excluding hydrogens is 307 g/mol. The summed E-state index contributed by atoms with van der Waals surface area (Å²) in [4.78, 5) is 2.40. The van der Waals surface area contributed by atoms with Crippen LogP contribution in [0.4, 0.5) is 4.39 Å². The van der Waals surface area contributed by atoms with Gasteiger partial charge in [-0.3, -0.25) is 10.00 Å². The monoisotopic (exact) mass is 332 g/mol. The van der Waals surface area contributed by atoms with Gasteiger partial charge in [0.1, 0.15) is 5.82 Å². The Kier molecular flexibility index (Phi) is 5.60. The van der Waals surface area contributed by atoms with Crippen molar-refractivity contribution in [3.8, 4) is 0 Å². The molecule has 0 amide bonds. The Bertz CT molecular complexity index is 630. The summed E-state index contributed by atoms with van der Waals surface area (Å²) in [5.74, 6) is -0.197. The topological polar surface area (TPSA) is 53.2 Å². The Morgan fingerprint density at radius 2 is 1.96 bits per heavy atom. The van der Waals surface area contributed by atoms with Crippen LogP contribution in [0, 0.1) is 19.7 Å². The quantitative estimate of drug-likeness (QED) is 0.852. The van der Waals surface area contributed by atoms with Crippen molar-refractivity contribution < 1.29 is 9.13 Å². The molecule has 1 aromatic carbocycles. The van der Waals surface area contributed by atoms with Crippen molar-refractivity contribution in [2.75, 3.05) is 32.8 Å². The SMILES string of the molecule is Cc1n[nH]c(C)c1CNC[C@@H](c1ccc(F)cc1)N1CCOCC1. The van der Waals surface area contributed by atoms with Gasteiger partial charge in [0.25, 0.3) is 0 Å². The molecule has 130 valence electrons. The van der Waals surface area contributed by atoms with Crippen LogP contribution in [-0.2, 0) is 11.3 Å². The van der Waals surface area contributed by atoms with Crippen molar-refractivity contribution in [3.05, 3.63) is 52.6 Å². The van der Waals surface area contributed by atoms with Gasteiger partial charge in [-0.15, -0.1) is 0 Å². The number of benzene rings is 1. The first-order valence-corrected chi connectivity index (χ1v) is 8.43. The number of morpholine rings is 1. The number of halogens is 1. The highest BCUT2D eigenvalue weighted by Crippen LogP contribution is 2.22. The van der Waals surface area contributed by atoms with E-state index < -0.39 is 0 Å². The van der Waals surface area contributed by atoms with E-state index in [-0.39, 0.29) is 11.9 Å². The van der Waals surface area contributed by atoms with Crippen molar-refractivity contribution in [2.24, 2.45) is 0 Å². The van der Waals surface area contributed by atoms with E-state index in [1.54, 1.807) is 0 Å². The van der Waals surface area contributed by atoms with Crippen molar-refractivity contribution in [3.63, 3.8) is 0 Å². The molecule has 1 aliphatic heterocycles. The number of hydrogen-bond donors (Lipinski definition) is 2. The average molecular weight is 332 g/mol. The lowest BCUT2D eigenvalue weighted by Gasteiger charge is -2.35. The molecule has 0 unspecified atom stereocenters. The lowest BCUT2D eigenvalue weighted by atomic mass is 10.0. The first-order valence-electron chi connectivity index (χ1n) is 8.43. The van der Waals surface area contributed by atoms with Gasteiger partial charge in [-0.25, -0.2) is 4.39 Å². The minimum atomic E-state index is -0.197. The molecule has 1 fully saturated rings. The second-order valence-electron chi connectivity index (χ2n) is 6.26. The fourth-order valence-corrected chi connectivity index (χ4v) is 3.20. The molecule has 5 nitrogen and oxygen atoms in total. The minimum absolute atomic E-state index is 0.197. The van der Waals surface area contributed by atoms with Crippen LogP contribution in [0.25, 0.3) is 0 Å². The van der Waals surface area contributed by atoms with Gasteiger partial charge in [-0.1, -0.05) is 12.1 Å². The number of aromatic nitrogens is 2. The second-order valence-corrected chi connectivity index (χ2v) is 6.26. The van der Waals surface area contributed by atoms with Crippen LogP contribution in [0.5, 0.6) is 0 Å². The predicted molar refractivity (Wildman–Crippen MR) is 91.3 cm³/mol. The highest BCUT2D eigenvalue weighted by molar-refractivity contribution is 5.23. The van der Waals surface area contributed by atoms with Crippen molar-refractivity contribution in [1.82, 2.24) is 20.4 Å². The average Bonchev–Trinajstić information content (AvgIpc) is 2.92. The largest absolute Gasteiger partial charge is 0.379 e. The number of nitrogens with zero attached hydrogens (tertiary/aromatic N) is 2. The molecule has 0 bridgehead atoms. The summed E-state index contributed by atoms with van der Waals surface area (Å²) in [6.07, 6.45) is 0. The highest BCUT2D eigenvalue weighted by atomic mass is 19.1. The molecule has 0 spiro atoms. The Hall–Kier alpha value is -1.76. The third-order valence-corrected chi connectivity index (χ3v) is 4.66. The summed E-state index contributed by atoms with van der Waals surface area (Å²) < 4.78 is 18.7. The van der Waals surface area contributed by atoms with Crippen LogP contribution in [0.3, 0.4) is 0 Å². The Balaban J connectivity index is 1.68. The molecule has 1 aromatic heterocycles. The summed E-state index contributed by atoms with van der Waals surface area (Å²) in [6.45, 7) is 8.92. The van der Waals surface area contributed by atoms with Gasteiger partial charge < -0.3 is 10.1 Å². The van der Waals surface area contributed by atoms with E-state index in [9.17, 15) is 4.39 Å². The normalized spacial score (nSPS) is 17.1. The van der Waals surface area contributed by atoms with Gasteiger partial charge in [-0.05, 0) is 31.5 Å². The van der Waals surface area contributed by atoms with Crippen LogP contribution in [0.1, 0.15) is 28.6 Å². The first-order chi connectivity index (χ1) is 11.6. The molecule has 2 heterocycles. The Labute approximate surface area is 142 Å². The number of aromatic amines is 1. The van der Waals surface area contributed by atoms with Gasteiger partial charge in [0.2, 0.25) is 0 Å². The van der Waals surface area contributed by atoms with E-state index in [0.717, 1.165) is 56.3 Å². The molecule has 2 N–H and O–H groups in total. The number of hydrogen-bond acceptors (Lipinski definition) is 4. The van der Waals surface area contributed by atoms with Gasteiger partial charge >= 0.3 is 0 Å². The zero-order chi connectivity index (χ0) is 16.9. The van der Waals surface area contributed by atoms with Gasteiger partial charge in [0, 0.05) is 43.5 Å². The van der Waals surface area contributed by atoms with Crippen molar-refractivity contribution in [1.29, 1.82) is 0 Å². The van der Waals surface area contributed by atoms with Gasteiger partial charge in [0.05, 0.1) is 18.9 Å². The number of ether oxygens (including phenoxy) is 1. The summed E-state index contributed by atoms with van der Waals surface area (Å²) in [7, 11) is 0. The minimum Gasteiger partial charge on any atom is -0.379 e. The molecule has 0 radical (unpaired) electrons. The maximum atomic E-state index is 13.3. The molecule has 6 heteroatoms. The molecule has 0 aliphatic carbocycles. The first kappa shape index (κ1) is 17.1. The van der Waals surface area contributed by atoms with Crippen LogP contribution in [0.15, 0.2) is 24.3 Å². The number of H-pyrrole nitrogens is 1. The van der Waals surface area contributed by atoms with Crippen LogP contribution in [-0.4, -0.2) is 47.9 Å². The maximum Gasteiger partial charge on any atom is 0.123 e. The van der Waals surface area contributed by atoms with Crippen LogP contribution >= 0.6 is 0 Å². The fourth-order valence-electron chi connectivity index (χ4n) is 3.20. The number of nitrogens with one attached hydrogen (secondary N) is 2. The Morgan fingerprint density at radius 1 is 1.25 bits per heavy atom. The van der Waals surface area contributed by atoms with Crippen LogP contribution < -0.4 is 5.32 Å². The van der Waals surface area contributed by atoms with Crippen molar-refractivity contribution >= 4 is 0 Å².